The lowest BCUT2D eigenvalue weighted by Gasteiger charge is -2.11. The van der Waals surface area contributed by atoms with Gasteiger partial charge in [-0.25, -0.2) is 0 Å². The summed E-state index contributed by atoms with van der Waals surface area (Å²) in [4.78, 5) is 11.9. The van der Waals surface area contributed by atoms with Gasteiger partial charge in [0.15, 0.2) is 0 Å². The Morgan fingerprint density at radius 3 is 2.56 bits per heavy atom. The molecule has 1 aromatic carbocycles. The van der Waals surface area contributed by atoms with Crippen LogP contribution >= 0.6 is 31.9 Å². The van der Waals surface area contributed by atoms with Gasteiger partial charge in [0.05, 0.1) is 5.69 Å². The smallest absolute Gasteiger partial charge is 0.227 e. The highest BCUT2D eigenvalue weighted by Crippen LogP contribution is 2.29. The van der Waals surface area contributed by atoms with Gasteiger partial charge in [-0.2, -0.15) is 0 Å². The molecule has 4 heteroatoms. The average Bonchev–Trinajstić information content (AvgIpc) is 2.75. The van der Waals surface area contributed by atoms with Crippen molar-refractivity contribution in [2.75, 3.05) is 5.32 Å². The molecule has 86 valence electrons. The van der Waals surface area contributed by atoms with Crippen molar-refractivity contribution < 1.29 is 4.79 Å². The molecule has 1 aromatic rings. The van der Waals surface area contributed by atoms with Crippen LogP contribution in [-0.4, -0.2) is 5.91 Å². The molecule has 16 heavy (non-hydrogen) atoms. The van der Waals surface area contributed by atoms with Gasteiger partial charge in [0.2, 0.25) is 5.91 Å². The maximum absolute atomic E-state index is 11.9. The number of anilines is 1. The van der Waals surface area contributed by atoms with Crippen molar-refractivity contribution in [2.24, 2.45) is 5.92 Å². The van der Waals surface area contributed by atoms with E-state index in [1.54, 1.807) is 0 Å². The molecule has 1 N–H and O–H groups in total. The summed E-state index contributed by atoms with van der Waals surface area (Å²) < 4.78 is 1.91. The Hall–Kier alpha value is -0.350. The largest absolute Gasteiger partial charge is 0.325 e. The molecule has 2 nitrogen and oxygen atoms in total. The van der Waals surface area contributed by atoms with Crippen LogP contribution in [-0.2, 0) is 4.79 Å². The summed E-state index contributed by atoms with van der Waals surface area (Å²) in [5, 5.41) is 2.97. The van der Waals surface area contributed by atoms with Gasteiger partial charge >= 0.3 is 0 Å². The lowest BCUT2D eigenvalue weighted by atomic mass is 10.1. The van der Waals surface area contributed by atoms with E-state index in [0.29, 0.717) is 0 Å². The molecule has 0 unspecified atom stereocenters. The number of hydrogen-bond donors (Lipinski definition) is 1. The SMILES string of the molecule is O=C(Nc1ccc(Br)cc1Br)C1CCCC1. The Morgan fingerprint density at radius 1 is 1.25 bits per heavy atom. The van der Waals surface area contributed by atoms with E-state index in [4.69, 9.17) is 0 Å². The second-order valence-electron chi connectivity index (χ2n) is 4.09. The predicted molar refractivity (Wildman–Crippen MR) is 72.4 cm³/mol. The highest BCUT2D eigenvalue weighted by molar-refractivity contribution is 9.11. The number of carbonyl (C=O) groups excluding carboxylic acids is 1. The molecular formula is C12H13Br2NO. The van der Waals surface area contributed by atoms with Crippen LogP contribution in [0.2, 0.25) is 0 Å². The van der Waals surface area contributed by atoms with E-state index in [1.807, 2.05) is 18.2 Å². The molecule has 0 aliphatic heterocycles. The van der Waals surface area contributed by atoms with E-state index in [9.17, 15) is 4.79 Å². The van der Waals surface area contributed by atoms with Gasteiger partial charge in [0, 0.05) is 14.9 Å². The van der Waals surface area contributed by atoms with Gasteiger partial charge in [0.25, 0.3) is 0 Å². The normalized spacial score (nSPS) is 16.4. The summed E-state index contributed by atoms with van der Waals surface area (Å²) in [6.07, 6.45) is 4.42. The van der Waals surface area contributed by atoms with Crippen LogP contribution in [0.4, 0.5) is 5.69 Å². The lowest BCUT2D eigenvalue weighted by Crippen LogP contribution is -2.20. The van der Waals surface area contributed by atoms with E-state index in [2.05, 4.69) is 37.2 Å². The quantitative estimate of drug-likeness (QED) is 0.847. The predicted octanol–water partition coefficient (Wildman–Crippen LogP) is 4.34. The zero-order valence-corrected chi connectivity index (χ0v) is 12.0. The third-order valence-electron chi connectivity index (χ3n) is 2.91. The third-order valence-corrected chi connectivity index (χ3v) is 4.06. The van der Waals surface area contributed by atoms with Crippen molar-refractivity contribution in [1.29, 1.82) is 0 Å². The number of nitrogens with one attached hydrogen (secondary N) is 1. The van der Waals surface area contributed by atoms with Crippen LogP contribution in [0.5, 0.6) is 0 Å². The lowest BCUT2D eigenvalue weighted by molar-refractivity contribution is -0.119. The van der Waals surface area contributed by atoms with Gasteiger partial charge in [-0.3, -0.25) is 4.79 Å². The number of halogens is 2. The summed E-state index contributed by atoms with van der Waals surface area (Å²) in [5.41, 5.74) is 0.847. The zero-order chi connectivity index (χ0) is 11.5. The molecule has 0 atom stereocenters. The topological polar surface area (TPSA) is 29.1 Å². The van der Waals surface area contributed by atoms with E-state index in [-0.39, 0.29) is 11.8 Å². The molecular weight excluding hydrogens is 334 g/mol. The second kappa shape index (κ2) is 5.32. The number of carbonyl (C=O) groups is 1. The fourth-order valence-electron chi connectivity index (χ4n) is 2.01. The van der Waals surface area contributed by atoms with Crippen molar-refractivity contribution in [3.05, 3.63) is 27.1 Å². The van der Waals surface area contributed by atoms with Crippen molar-refractivity contribution in [2.45, 2.75) is 25.7 Å². The minimum Gasteiger partial charge on any atom is -0.325 e. The van der Waals surface area contributed by atoms with Crippen LogP contribution < -0.4 is 5.32 Å². The minimum absolute atomic E-state index is 0.153. The first-order valence-corrected chi connectivity index (χ1v) is 7.01. The maximum Gasteiger partial charge on any atom is 0.227 e. The molecule has 0 aromatic heterocycles. The number of hydrogen-bond acceptors (Lipinski definition) is 1. The van der Waals surface area contributed by atoms with Gasteiger partial charge in [0.1, 0.15) is 0 Å². The first kappa shape index (κ1) is 12.1. The number of rotatable bonds is 2. The van der Waals surface area contributed by atoms with Crippen LogP contribution in [0.3, 0.4) is 0 Å². The Bertz CT molecular complexity index is 400. The van der Waals surface area contributed by atoms with Crippen molar-refractivity contribution >= 4 is 43.5 Å². The van der Waals surface area contributed by atoms with Gasteiger partial charge in [-0.15, -0.1) is 0 Å². The summed E-state index contributed by atoms with van der Waals surface area (Å²) in [6, 6.07) is 5.76. The first-order valence-electron chi connectivity index (χ1n) is 5.43. The van der Waals surface area contributed by atoms with Crippen molar-refractivity contribution in [3.8, 4) is 0 Å². The van der Waals surface area contributed by atoms with E-state index < -0.39 is 0 Å². The van der Waals surface area contributed by atoms with Crippen LogP contribution in [0.15, 0.2) is 27.1 Å². The molecule has 1 amide bonds. The van der Waals surface area contributed by atoms with Crippen LogP contribution in [0.1, 0.15) is 25.7 Å². The van der Waals surface area contributed by atoms with E-state index in [0.717, 1.165) is 27.5 Å². The summed E-state index contributed by atoms with van der Waals surface area (Å²) in [7, 11) is 0. The average molecular weight is 347 g/mol. The molecule has 1 aliphatic carbocycles. The zero-order valence-electron chi connectivity index (χ0n) is 8.80. The summed E-state index contributed by atoms with van der Waals surface area (Å²) >= 11 is 6.83. The summed E-state index contributed by atoms with van der Waals surface area (Å²) in [5.74, 6) is 0.357. The van der Waals surface area contributed by atoms with Crippen molar-refractivity contribution in [1.82, 2.24) is 0 Å². The first-order chi connectivity index (χ1) is 7.66. The maximum atomic E-state index is 11.9. The van der Waals surface area contributed by atoms with E-state index >= 15 is 0 Å². The monoisotopic (exact) mass is 345 g/mol. The molecule has 1 saturated carbocycles. The van der Waals surface area contributed by atoms with Crippen LogP contribution in [0, 0.1) is 5.92 Å². The Balaban J connectivity index is 2.05. The number of benzene rings is 1. The fourth-order valence-corrected chi connectivity index (χ4v) is 3.16. The minimum atomic E-state index is 0.153. The number of amides is 1. The summed E-state index contributed by atoms with van der Waals surface area (Å²) in [6.45, 7) is 0. The molecule has 0 spiro atoms. The van der Waals surface area contributed by atoms with Gasteiger partial charge in [-0.1, -0.05) is 28.8 Å². The molecule has 0 bridgehead atoms. The van der Waals surface area contributed by atoms with Crippen molar-refractivity contribution in [3.63, 3.8) is 0 Å². The molecule has 0 radical (unpaired) electrons. The molecule has 2 rings (SSSR count). The molecule has 1 aliphatic rings. The van der Waals surface area contributed by atoms with Crippen LogP contribution in [0.25, 0.3) is 0 Å². The standard InChI is InChI=1S/C12H13Br2NO/c13-9-5-6-11(10(14)7-9)15-12(16)8-3-1-2-4-8/h5-8H,1-4H2,(H,15,16). The molecule has 1 fully saturated rings. The van der Waals surface area contributed by atoms with Gasteiger partial charge in [-0.05, 0) is 47.0 Å². The molecule has 0 saturated heterocycles. The Kier molecular flexibility index (Phi) is 4.03. The second-order valence-corrected chi connectivity index (χ2v) is 5.86. The Morgan fingerprint density at radius 2 is 1.94 bits per heavy atom. The highest BCUT2D eigenvalue weighted by Gasteiger charge is 2.22. The highest BCUT2D eigenvalue weighted by atomic mass is 79.9. The van der Waals surface area contributed by atoms with Gasteiger partial charge < -0.3 is 5.32 Å². The van der Waals surface area contributed by atoms with E-state index in [1.165, 1.54) is 12.8 Å². The Labute approximate surface area is 112 Å². The molecule has 0 heterocycles. The third kappa shape index (κ3) is 2.86. The fraction of sp³-hybridized carbons (Fsp3) is 0.417.